The van der Waals surface area contributed by atoms with Crippen LogP contribution in [0.15, 0.2) is 24.3 Å². The first kappa shape index (κ1) is 14.7. The van der Waals surface area contributed by atoms with Crippen molar-refractivity contribution in [2.45, 2.75) is 34.1 Å². The summed E-state index contributed by atoms with van der Waals surface area (Å²) < 4.78 is 0. The summed E-state index contributed by atoms with van der Waals surface area (Å²) in [7, 11) is 0. The predicted octanol–water partition coefficient (Wildman–Crippen LogP) is 2.59. The van der Waals surface area contributed by atoms with Crippen LogP contribution in [-0.4, -0.2) is 19.0 Å². The third-order valence-electron chi connectivity index (χ3n) is 2.90. The molecule has 2 N–H and O–H groups in total. The molecule has 0 atom stereocenters. The third kappa shape index (κ3) is 3.57. The lowest BCUT2D eigenvalue weighted by Crippen LogP contribution is -2.42. The molecular weight excluding hydrogens is 224 g/mol. The zero-order chi connectivity index (χ0) is 13.8. The molecule has 0 aromatic heterocycles. The number of nitrogens with zero attached hydrogens (tertiary/aromatic N) is 1. The maximum Gasteiger partial charge on any atom is 0.232 e. The van der Waals surface area contributed by atoms with Gasteiger partial charge in [-0.1, -0.05) is 39.8 Å². The molecule has 1 aromatic carbocycles. The quantitative estimate of drug-likeness (QED) is 0.890. The van der Waals surface area contributed by atoms with Crippen LogP contribution >= 0.6 is 0 Å². The molecule has 0 spiro atoms. The average molecular weight is 248 g/mol. The molecule has 1 amide bonds. The Morgan fingerprint density at radius 2 is 1.78 bits per heavy atom. The molecule has 0 fully saturated rings. The Morgan fingerprint density at radius 1 is 1.22 bits per heavy atom. The SMILES string of the molecule is CCc1ccc(N(CCN)C(=O)C(C)(C)C)cc1. The number of aryl methyl sites for hydroxylation is 1. The minimum absolute atomic E-state index is 0.109. The molecule has 1 aromatic rings. The fraction of sp³-hybridized carbons (Fsp3) is 0.533. The van der Waals surface area contributed by atoms with Crippen LogP contribution in [0, 0.1) is 5.41 Å². The molecule has 0 saturated heterocycles. The standard InChI is InChI=1S/C15H24N2O/c1-5-12-6-8-13(9-7-12)17(11-10-16)14(18)15(2,3)4/h6-9H,5,10-11,16H2,1-4H3. The van der Waals surface area contributed by atoms with Crippen LogP contribution in [0.3, 0.4) is 0 Å². The maximum atomic E-state index is 12.4. The monoisotopic (exact) mass is 248 g/mol. The molecular formula is C15H24N2O. The van der Waals surface area contributed by atoms with Crippen LogP contribution in [0.4, 0.5) is 5.69 Å². The number of carbonyl (C=O) groups is 1. The van der Waals surface area contributed by atoms with Gasteiger partial charge in [-0.25, -0.2) is 0 Å². The van der Waals surface area contributed by atoms with Crippen molar-refractivity contribution in [1.82, 2.24) is 0 Å². The lowest BCUT2D eigenvalue weighted by molar-refractivity contribution is -0.125. The van der Waals surface area contributed by atoms with Gasteiger partial charge in [-0.05, 0) is 24.1 Å². The topological polar surface area (TPSA) is 46.3 Å². The van der Waals surface area contributed by atoms with Gasteiger partial charge >= 0.3 is 0 Å². The van der Waals surface area contributed by atoms with Crippen molar-refractivity contribution < 1.29 is 4.79 Å². The van der Waals surface area contributed by atoms with E-state index >= 15 is 0 Å². The second kappa shape index (κ2) is 6.01. The molecule has 0 bridgehead atoms. The normalized spacial score (nSPS) is 11.4. The first-order chi connectivity index (χ1) is 8.40. The van der Waals surface area contributed by atoms with Crippen LogP contribution < -0.4 is 10.6 Å². The Morgan fingerprint density at radius 3 is 2.17 bits per heavy atom. The van der Waals surface area contributed by atoms with E-state index in [9.17, 15) is 4.79 Å². The van der Waals surface area contributed by atoms with Gasteiger partial charge in [0.2, 0.25) is 5.91 Å². The van der Waals surface area contributed by atoms with Crippen LogP contribution in [-0.2, 0) is 11.2 Å². The van der Waals surface area contributed by atoms with Crippen LogP contribution in [0.25, 0.3) is 0 Å². The van der Waals surface area contributed by atoms with E-state index in [-0.39, 0.29) is 5.91 Å². The number of hydrogen-bond donors (Lipinski definition) is 1. The summed E-state index contributed by atoms with van der Waals surface area (Å²) in [5, 5.41) is 0. The first-order valence-electron chi connectivity index (χ1n) is 6.51. The smallest absolute Gasteiger partial charge is 0.232 e. The first-order valence-corrected chi connectivity index (χ1v) is 6.51. The largest absolute Gasteiger partial charge is 0.329 e. The summed E-state index contributed by atoms with van der Waals surface area (Å²) in [4.78, 5) is 14.2. The van der Waals surface area contributed by atoms with Gasteiger partial charge in [0.15, 0.2) is 0 Å². The second-order valence-electron chi connectivity index (χ2n) is 5.52. The molecule has 100 valence electrons. The van der Waals surface area contributed by atoms with E-state index in [1.165, 1.54) is 5.56 Å². The molecule has 0 aliphatic rings. The van der Waals surface area contributed by atoms with Crippen LogP contribution in [0.2, 0.25) is 0 Å². The number of benzene rings is 1. The minimum atomic E-state index is -0.390. The van der Waals surface area contributed by atoms with Gasteiger partial charge in [0.1, 0.15) is 0 Å². The fourth-order valence-electron chi connectivity index (χ4n) is 1.79. The van der Waals surface area contributed by atoms with Crippen molar-refractivity contribution in [3.05, 3.63) is 29.8 Å². The molecule has 18 heavy (non-hydrogen) atoms. The van der Waals surface area contributed by atoms with Gasteiger partial charge in [-0.3, -0.25) is 4.79 Å². The predicted molar refractivity (Wildman–Crippen MR) is 76.7 cm³/mol. The lowest BCUT2D eigenvalue weighted by atomic mass is 9.94. The van der Waals surface area contributed by atoms with Gasteiger partial charge in [0.25, 0.3) is 0 Å². The summed E-state index contributed by atoms with van der Waals surface area (Å²) in [6, 6.07) is 8.12. The summed E-state index contributed by atoms with van der Waals surface area (Å²) in [5.74, 6) is 0.109. The zero-order valence-electron chi connectivity index (χ0n) is 11.9. The van der Waals surface area contributed by atoms with Crippen molar-refractivity contribution >= 4 is 11.6 Å². The Balaban J connectivity index is 3.00. The Labute approximate surface area is 110 Å². The van der Waals surface area contributed by atoms with Gasteiger partial charge in [0, 0.05) is 24.2 Å². The molecule has 0 radical (unpaired) electrons. The van der Waals surface area contributed by atoms with Crippen molar-refractivity contribution in [3.63, 3.8) is 0 Å². The van der Waals surface area contributed by atoms with Gasteiger partial charge in [0.05, 0.1) is 0 Å². The molecule has 0 heterocycles. The third-order valence-corrected chi connectivity index (χ3v) is 2.90. The lowest BCUT2D eigenvalue weighted by Gasteiger charge is -2.29. The van der Waals surface area contributed by atoms with Gasteiger partial charge < -0.3 is 10.6 Å². The highest BCUT2D eigenvalue weighted by Gasteiger charge is 2.27. The number of amides is 1. The number of rotatable bonds is 4. The van der Waals surface area contributed by atoms with Crippen molar-refractivity contribution in [2.75, 3.05) is 18.0 Å². The highest BCUT2D eigenvalue weighted by Crippen LogP contribution is 2.23. The number of anilines is 1. The molecule has 0 unspecified atom stereocenters. The van der Waals surface area contributed by atoms with E-state index in [0.717, 1.165) is 12.1 Å². The molecule has 1 rings (SSSR count). The molecule has 0 aliphatic carbocycles. The molecule has 3 nitrogen and oxygen atoms in total. The molecule has 3 heteroatoms. The van der Waals surface area contributed by atoms with E-state index < -0.39 is 5.41 Å². The van der Waals surface area contributed by atoms with Crippen molar-refractivity contribution in [1.29, 1.82) is 0 Å². The minimum Gasteiger partial charge on any atom is -0.329 e. The van der Waals surface area contributed by atoms with Crippen molar-refractivity contribution in [3.8, 4) is 0 Å². The summed E-state index contributed by atoms with van der Waals surface area (Å²) in [6.45, 7) is 8.93. The zero-order valence-corrected chi connectivity index (χ0v) is 11.9. The molecule has 0 aliphatic heterocycles. The van der Waals surface area contributed by atoms with E-state index in [4.69, 9.17) is 5.73 Å². The van der Waals surface area contributed by atoms with E-state index in [1.807, 2.05) is 32.9 Å². The van der Waals surface area contributed by atoms with Crippen molar-refractivity contribution in [2.24, 2.45) is 11.1 Å². The molecule has 0 saturated carbocycles. The highest BCUT2D eigenvalue weighted by atomic mass is 16.2. The van der Waals surface area contributed by atoms with E-state index in [0.29, 0.717) is 13.1 Å². The Kier molecular flexibility index (Phi) is 4.91. The number of carbonyl (C=O) groups excluding carboxylic acids is 1. The fourth-order valence-corrected chi connectivity index (χ4v) is 1.79. The summed E-state index contributed by atoms with van der Waals surface area (Å²) in [6.07, 6.45) is 1.00. The Hall–Kier alpha value is -1.35. The Bertz CT molecular complexity index is 390. The van der Waals surface area contributed by atoms with E-state index in [1.54, 1.807) is 4.90 Å². The number of hydrogen-bond acceptors (Lipinski definition) is 2. The van der Waals surface area contributed by atoms with Crippen LogP contribution in [0.5, 0.6) is 0 Å². The van der Waals surface area contributed by atoms with Gasteiger partial charge in [-0.15, -0.1) is 0 Å². The van der Waals surface area contributed by atoms with E-state index in [2.05, 4.69) is 19.1 Å². The maximum absolute atomic E-state index is 12.4. The highest BCUT2D eigenvalue weighted by molar-refractivity contribution is 5.96. The van der Waals surface area contributed by atoms with Crippen LogP contribution in [0.1, 0.15) is 33.3 Å². The van der Waals surface area contributed by atoms with Gasteiger partial charge in [-0.2, -0.15) is 0 Å². The summed E-state index contributed by atoms with van der Waals surface area (Å²) in [5.41, 5.74) is 7.42. The second-order valence-corrected chi connectivity index (χ2v) is 5.52. The summed E-state index contributed by atoms with van der Waals surface area (Å²) >= 11 is 0. The number of nitrogens with two attached hydrogens (primary N) is 1. The average Bonchev–Trinajstić information content (AvgIpc) is 2.34.